The Morgan fingerprint density at radius 3 is 2.75 bits per heavy atom. The Labute approximate surface area is 143 Å². The fraction of sp³-hybridized carbons (Fsp3) is 0.250. The Morgan fingerprint density at radius 2 is 2.12 bits per heavy atom. The number of hydrogen-bond donors (Lipinski definition) is 2. The van der Waals surface area contributed by atoms with Crippen LogP contribution >= 0.6 is 18.9 Å². The molecule has 0 aliphatic heterocycles. The van der Waals surface area contributed by atoms with Gasteiger partial charge in [-0.05, 0) is 30.5 Å². The molecule has 8 heteroatoms. The van der Waals surface area contributed by atoms with Crippen LogP contribution in [0.4, 0.5) is 0 Å². The van der Waals surface area contributed by atoms with Crippen LogP contribution in [-0.4, -0.2) is 19.8 Å². The molecule has 0 amide bonds. The van der Waals surface area contributed by atoms with E-state index in [1.807, 2.05) is 12.1 Å². The standard InChI is InChI=1S/C16H17N2O4PS/c1-10(2)8-13-14(15-12(5-7-22-15)23(19,20)21)18-16(24-13)11-4-3-6-17-9-11/h3-7,9-10H,8H2,1-2H3,(H2,19,20,21). The molecule has 0 spiro atoms. The first-order chi connectivity index (χ1) is 11.4. The van der Waals surface area contributed by atoms with E-state index in [2.05, 4.69) is 23.8 Å². The highest BCUT2D eigenvalue weighted by molar-refractivity contribution is 7.60. The number of nitrogens with zero attached hydrogens (tertiary/aromatic N) is 2. The van der Waals surface area contributed by atoms with Crippen LogP contribution in [0.2, 0.25) is 0 Å². The summed E-state index contributed by atoms with van der Waals surface area (Å²) in [5, 5.41) is 0.623. The van der Waals surface area contributed by atoms with E-state index in [4.69, 9.17) is 4.42 Å². The molecule has 0 unspecified atom stereocenters. The Hall–Kier alpha value is -1.79. The molecule has 0 atom stereocenters. The van der Waals surface area contributed by atoms with Crippen molar-refractivity contribution in [2.45, 2.75) is 20.3 Å². The van der Waals surface area contributed by atoms with Crippen LogP contribution in [0.25, 0.3) is 22.0 Å². The highest BCUT2D eigenvalue weighted by Gasteiger charge is 2.29. The summed E-state index contributed by atoms with van der Waals surface area (Å²) < 4.78 is 17.1. The van der Waals surface area contributed by atoms with Gasteiger partial charge in [0, 0.05) is 22.8 Å². The summed E-state index contributed by atoms with van der Waals surface area (Å²) in [5.41, 5.74) is 1.36. The number of aromatic nitrogens is 2. The zero-order chi connectivity index (χ0) is 17.3. The van der Waals surface area contributed by atoms with Gasteiger partial charge in [0.25, 0.3) is 0 Å². The average Bonchev–Trinajstić information content (AvgIpc) is 3.13. The van der Waals surface area contributed by atoms with Crippen molar-refractivity contribution in [2.75, 3.05) is 0 Å². The van der Waals surface area contributed by atoms with Gasteiger partial charge in [0.05, 0.1) is 6.26 Å². The predicted molar refractivity (Wildman–Crippen MR) is 93.3 cm³/mol. The van der Waals surface area contributed by atoms with E-state index >= 15 is 0 Å². The molecular formula is C16H17N2O4PS. The average molecular weight is 364 g/mol. The fourth-order valence-electron chi connectivity index (χ4n) is 2.36. The van der Waals surface area contributed by atoms with E-state index in [1.165, 1.54) is 23.7 Å². The molecule has 0 saturated carbocycles. The zero-order valence-electron chi connectivity index (χ0n) is 13.2. The molecule has 3 aromatic heterocycles. The number of hydrogen-bond acceptors (Lipinski definition) is 5. The number of pyridine rings is 1. The molecule has 3 heterocycles. The van der Waals surface area contributed by atoms with Gasteiger partial charge in [0.1, 0.15) is 16.0 Å². The molecule has 24 heavy (non-hydrogen) atoms. The summed E-state index contributed by atoms with van der Waals surface area (Å²) in [6.45, 7) is 4.17. The monoisotopic (exact) mass is 364 g/mol. The van der Waals surface area contributed by atoms with E-state index in [1.54, 1.807) is 12.4 Å². The van der Waals surface area contributed by atoms with Crippen molar-refractivity contribution in [3.05, 3.63) is 41.7 Å². The molecule has 0 fully saturated rings. The maximum absolute atomic E-state index is 11.7. The molecule has 0 aromatic carbocycles. The molecule has 126 valence electrons. The van der Waals surface area contributed by atoms with Gasteiger partial charge in [-0.2, -0.15) is 0 Å². The topological polar surface area (TPSA) is 96.5 Å². The summed E-state index contributed by atoms with van der Waals surface area (Å²) in [5.74, 6) is 0.518. The first kappa shape index (κ1) is 17.0. The van der Waals surface area contributed by atoms with Crippen LogP contribution in [0, 0.1) is 5.92 Å². The predicted octanol–water partition coefficient (Wildman–Crippen LogP) is 3.47. The molecule has 0 aliphatic rings. The second-order valence-electron chi connectivity index (χ2n) is 5.81. The first-order valence-corrected chi connectivity index (χ1v) is 9.83. The van der Waals surface area contributed by atoms with Gasteiger partial charge in [0.15, 0.2) is 5.76 Å². The van der Waals surface area contributed by atoms with E-state index in [0.29, 0.717) is 11.6 Å². The molecule has 3 aromatic rings. The number of thiazole rings is 1. The summed E-state index contributed by atoms with van der Waals surface area (Å²) in [6.07, 6.45) is 5.43. The lowest BCUT2D eigenvalue weighted by Crippen LogP contribution is -2.05. The van der Waals surface area contributed by atoms with Crippen LogP contribution in [-0.2, 0) is 11.0 Å². The fourth-order valence-corrected chi connectivity index (χ4v) is 4.30. The Bertz CT molecular complexity index is 883. The minimum absolute atomic E-state index is 0.129. The van der Waals surface area contributed by atoms with Crippen molar-refractivity contribution in [3.8, 4) is 22.0 Å². The molecule has 0 radical (unpaired) electrons. The van der Waals surface area contributed by atoms with Gasteiger partial charge >= 0.3 is 7.60 Å². The highest BCUT2D eigenvalue weighted by Crippen LogP contribution is 2.41. The smallest absolute Gasteiger partial charge is 0.360 e. The first-order valence-electron chi connectivity index (χ1n) is 7.40. The van der Waals surface area contributed by atoms with Crippen LogP contribution in [0.15, 0.2) is 41.3 Å². The number of rotatable bonds is 5. The third-order valence-electron chi connectivity index (χ3n) is 3.37. The molecule has 0 saturated heterocycles. The molecule has 0 bridgehead atoms. The van der Waals surface area contributed by atoms with E-state index < -0.39 is 7.60 Å². The van der Waals surface area contributed by atoms with Crippen molar-refractivity contribution in [1.82, 2.24) is 9.97 Å². The zero-order valence-corrected chi connectivity index (χ0v) is 14.9. The Balaban J connectivity index is 2.15. The van der Waals surface area contributed by atoms with Crippen LogP contribution in [0.1, 0.15) is 18.7 Å². The van der Waals surface area contributed by atoms with Crippen molar-refractivity contribution >= 4 is 24.2 Å². The van der Waals surface area contributed by atoms with Crippen molar-refractivity contribution < 1.29 is 18.8 Å². The summed E-state index contributed by atoms with van der Waals surface area (Å²) in [6, 6.07) is 5.03. The molecule has 6 nitrogen and oxygen atoms in total. The molecule has 0 aliphatic carbocycles. The van der Waals surface area contributed by atoms with Crippen LogP contribution in [0.5, 0.6) is 0 Å². The van der Waals surface area contributed by atoms with Gasteiger partial charge in [0.2, 0.25) is 0 Å². The third kappa shape index (κ3) is 3.49. The van der Waals surface area contributed by atoms with E-state index in [-0.39, 0.29) is 11.1 Å². The van der Waals surface area contributed by atoms with Gasteiger partial charge in [-0.1, -0.05) is 13.8 Å². The molecular weight excluding hydrogens is 347 g/mol. The van der Waals surface area contributed by atoms with E-state index in [0.717, 1.165) is 21.9 Å². The minimum Gasteiger partial charge on any atom is -0.462 e. The minimum atomic E-state index is -4.43. The lowest BCUT2D eigenvalue weighted by molar-refractivity contribution is 0.387. The summed E-state index contributed by atoms with van der Waals surface area (Å²) in [7, 11) is -4.43. The Kier molecular flexibility index (Phi) is 4.69. The third-order valence-corrected chi connectivity index (χ3v) is 5.48. The number of furan rings is 1. The SMILES string of the molecule is CC(C)Cc1sc(-c2cccnc2)nc1-c1occc1P(=O)(O)O. The highest BCUT2D eigenvalue weighted by atomic mass is 32.1. The van der Waals surface area contributed by atoms with E-state index in [9.17, 15) is 14.4 Å². The second-order valence-corrected chi connectivity index (χ2v) is 8.46. The van der Waals surface area contributed by atoms with Gasteiger partial charge in [-0.25, -0.2) is 4.98 Å². The normalized spacial score (nSPS) is 12.0. The van der Waals surface area contributed by atoms with Crippen molar-refractivity contribution in [3.63, 3.8) is 0 Å². The quantitative estimate of drug-likeness (QED) is 0.673. The lowest BCUT2D eigenvalue weighted by atomic mass is 10.1. The van der Waals surface area contributed by atoms with Gasteiger partial charge in [-0.15, -0.1) is 11.3 Å². The largest absolute Gasteiger partial charge is 0.462 e. The van der Waals surface area contributed by atoms with Crippen LogP contribution < -0.4 is 5.30 Å². The van der Waals surface area contributed by atoms with Crippen molar-refractivity contribution in [2.24, 2.45) is 5.92 Å². The molecule has 3 rings (SSSR count). The van der Waals surface area contributed by atoms with Crippen molar-refractivity contribution in [1.29, 1.82) is 0 Å². The van der Waals surface area contributed by atoms with Crippen LogP contribution in [0.3, 0.4) is 0 Å². The summed E-state index contributed by atoms with van der Waals surface area (Å²) >= 11 is 1.49. The van der Waals surface area contributed by atoms with Gasteiger partial charge in [-0.3, -0.25) is 9.55 Å². The second kappa shape index (κ2) is 6.61. The Morgan fingerprint density at radius 1 is 1.33 bits per heavy atom. The lowest BCUT2D eigenvalue weighted by Gasteiger charge is -2.06. The maximum atomic E-state index is 11.7. The molecule has 2 N–H and O–H groups in total. The summed E-state index contributed by atoms with van der Waals surface area (Å²) in [4.78, 5) is 28.7. The maximum Gasteiger partial charge on any atom is 0.360 e. The van der Waals surface area contributed by atoms with Gasteiger partial charge < -0.3 is 14.2 Å².